The topological polar surface area (TPSA) is 27.7 Å². The van der Waals surface area contributed by atoms with Crippen LogP contribution in [0.25, 0.3) is 0 Å². The van der Waals surface area contributed by atoms with E-state index in [0.29, 0.717) is 12.2 Å². The van der Waals surface area contributed by atoms with Crippen molar-refractivity contribution in [1.29, 1.82) is 0 Å². The normalized spacial score (nSPS) is 23.3. The van der Waals surface area contributed by atoms with Crippen LogP contribution < -0.4 is 0 Å². The molecule has 0 amide bonds. The van der Waals surface area contributed by atoms with Gasteiger partial charge in [0, 0.05) is 26.4 Å². The fourth-order valence-corrected chi connectivity index (χ4v) is 3.49. The van der Waals surface area contributed by atoms with Crippen LogP contribution in [0.4, 0.5) is 0 Å². The van der Waals surface area contributed by atoms with Crippen LogP contribution in [-0.2, 0) is 14.2 Å². The zero-order valence-electron chi connectivity index (χ0n) is 29.7. The van der Waals surface area contributed by atoms with Crippen LogP contribution in [0.2, 0.25) is 0 Å². The molecule has 0 spiro atoms. The van der Waals surface area contributed by atoms with Gasteiger partial charge in [-0.1, -0.05) is 142 Å². The van der Waals surface area contributed by atoms with Crippen molar-refractivity contribution in [2.75, 3.05) is 26.4 Å². The van der Waals surface area contributed by atoms with Gasteiger partial charge in [-0.25, -0.2) is 0 Å². The first-order valence-electron chi connectivity index (χ1n) is 17.3. The Kier molecular flexibility index (Phi) is 63.1. The summed E-state index contributed by atoms with van der Waals surface area (Å²) in [5.41, 5.74) is 0. The van der Waals surface area contributed by atoms with Gasteiger partial charge in [-0.2, -0.15) is 0 Å². The Morgan fingerprint density at radius 2 is 0.769 bits per heavy atom. The number of ether oxygens (including phenoxy) is 3. The highest BCUT2D eigenvalue weighted by molar-refractivity contribution is 4.62. The molecule has 0 aromatic heterocycles. The van der Waals surface area contributed by atoms with E-state index >= 15 is 0 Å². The zero-order chi connectivity index (χ0) is 30.6. The molecule has 3 heteroatoms. The van der Waals surface area contributed by atoms with Gasteiger partial charge < -0.3 is 14.2 Å². The summed E-state index contributed by atoms with van der Waals surface area (Å²) in [5.74, 6) is 2.94. The second kappa shape index (κ2) is 47.7. The van der Waals surface area contributed by atoms with Crippen molar-refractivity contribution in [3.05, 3.63) is 0 Å². The molecular weight excluding hydrogens is 480 g/mol. The maximum atomic E-state index is 5.15. The van der Waals surface area contributed by atoms with Gasteiger partial charge in [0.25, 0.3) is 0 Å². The molecule has 5 rings (SSSR count). The molecule has 5 aliphatic rings. The Labute approximate surface area is 252 Å². The summed E-state index contributed by atoms with van der Waals surface area (Å²) in [5, 5.41) is 0. The molecule has 39 heavy (non-hydrogen) atoms. The molecule has 3 atom stereocenters. The van der Waals surface area contributed by atoms with Crippen molar-refractivity contribution in [1.82, 2.24) is 0 Å². The van der Waals surface area contributed by atoms with Crippen LogP contribution in [0.15, 0.2) is 0 Å². The van der Waals surface area contributed by atoms with Crippen LogP contribution in [0.3, 0.4) is 0 Å². The van der Waals surface area contributed by atoms with E-state index in [1.54, 1.807) is 0 Å². The van der Waals surface area contributed by atoms with Gasteiger partial charge in [0.2, 0.25) is 0 Å². The van der Waals surface area contributed by atoms with E-state index in [1.807, 2.05) is 69.2 Å². The van der Waals surface area contributed by atoms with Crippen LogP contribution >= 0.6 is 0 Å². The molecule has 0 bridgehead atoms. The van der Waals surface area contributed by atoms with Gasteiger partial charge in [-0.05, 0) is 57.3 Å². The highest BCUT2D eigenvalue weighted by Gasteiger charge is 2.10. The van der Waals surface area contributed by atoms with Gasteiger partial charge >= 0.3 is 0 Å². The van der Waals surface area contributed by atoms with E-state index in [2.05, 4.69) is 34.6 Å². The fourth-order valence-electron chi connectivity index (χ4n) is 3.49. The van der Waals surface area contributed by atoms with E-state index < -0.39 is 0 Å². The molecule has 0 radical (unpaired) electrons. The minimum atomic E-state index is 0. The van der Waals surface area contributed by atoms with Crippen LogP contribution in [0, 0.1) is 17.8 Å². The Morgan fingerprint density at radius 3 is 0.846 bits per heavy atom. The first-order chi connectivity index (χ1) is 18.5. The fraction of sp³-hybridized carbons (Fsp3) is 1.00. The van der Waals surface area contributed by atoms with Crippen LogP contribution in [-0.4, -0.2) is 38.6 Å². The van der Waals surface area contributed by atoms with Crippen molar-refractivity contribution < 1.29 is 14.2 Å². The Hall–Kier alpha value is -0.120. The predicted molar refractivity (Wildman–Crippen MR) is 183 cm³/mol. The smallest absolute Gasteiger partial charge is 0.0568 e. The van der Waals surface area contributed by atoms with E-state index in [0.717, 1.165) is 44.2 Å². The summed E-state index contributed by atoms with van der Waals surface area (Å²) in [6.07, 6.45) is 16.6. The second-order valence-corrected chi connectivity index (χ2v) is 9.69. The van der Waals surface area contributed by atoms with Gasteiger partial charge in [-0.3, -0.25) is 0 Å². The lowest BCUT2D eigenvalue weighted by Crippen LogP contribution is -2.22. The van der Waals surface area contributed by atoms with Crippen molar-refractivity contribution in [3.63, 3.8) is 0 Å². The Balaban J connectivity index is -0.0000000804. The van der Waals surface area contributed by atoms with Gasteiger partial charge in [0.15, 0.2) is 0 Å². The summed E-state index contributed by atoms with van der Waals surface area (Å²) < 4.78 is 15.1. The molecule has 2 saturated carbocycles. The number of hydrogen-bond donors (Lipinski definition) is 0. The Morgan fingerprint density at radius 1 is 0.385 bits per heavy atom. The van der Waals surface area contributed by atoms with E-state index in [4.69, 9.17) is 14.2 Å². The third kappa shape index (κ3) is 45.1. The molecular formula is C36H84O3. The maximum Gasteiger partial charge on any atom is 0.0568 e. The lowest BCUT2D eigenvalue weighted by molar-refractivity contribution is -0.0375. The van der Waals surface area contributed by atoms with Gasteiger partial charge in [0.1, 0.15) is 0 Å². The average Bonchev–Trinajstić information content (AvgIpc) is 3.75. The van der Waals surface area contributed by atoms with Crippen molar-refractivity contribution in [2.45, 2.75) is 194 Å². The van der Waals surface area contributed by atoms with Gasteiger partial charge in [0.05, 0.1) is 12.2 Å². The van der Waals surface area contributed by atoms with Gasteiger partial charge in [-0.15, -0.1) is 0 Å². The summed E-state index contributed by atoms with van der Waals surface area (Å²) in [7, 11) is 0. The molecule has 0 aromatic carbocycles. The third-order valence-electron chi connectivity index (χ3n) is 6.28. The molecule has 0 N–H and O–H groups in total. The molecule has 246 valence electrons. The summed E-state index contributed by atoms with van der Waals surface area (Å²) in [6.45, 7) is 35.0. The van der Waals surface area contributed by atoms with Crippen molar-refractivity contribution in [3.8, 4) is 0 Å². The molecule has 3 saturated heterocycles. The monoisotopic (exact) mass is 565 g/mol. The molecule has 0 unspecified atom stereocenters. The molecule has 0 aromatic rings. The van der Waals surface area contributed by atoms with Crippen LogP contribution in [0.1, 0.15) is 182 Å². The minimum Gasteiger partial charge on any atom is -0.381 e. The highest BCUT2D eigenvalue weighted by atomic mass is 16.5. The predicted octanol–water partition coefficient (Wildman–Crippen LogP) is 12.8. The third-order valence-corrected chi connectivity index (χ3v) is 6.28. The molecule has 5 fully saturated rings. The lowest BCUT2D eigenvalue weighted by Gasteiger charge is -2.20. The Bertz CT molecular complexity index is 277. The largest absolute Gasteiger partial charge is 0.381 e. The van der Waals surface area contributed by atoms with Crippen LogP contribution in [0.5, 0.6) is 0 Å². The number of rotatable bonds is 0. The first-order valence-corrected chi connectivity index (χ1v) is 17.3. The summed E-state index contributed by atoms with van der Waals surface area (Å²) in [6, 6.07) is 0. The quantitative estimate of drug-likeness (QED) is 0.293. The standard InChI is InChI=1S/C6H12.2C5H10O.C5H10.C4H8O.5C2H6.CH4/c1-6-4-2-3-5-6;1-5-2-3-6-4-5;1-5-3-2-4-6-5;1-5-3-2-4-5;1-4-2-3-5-4;5*1-2;/h6H,2-5H2,1H3;2*5H,2-4H2,1H3;5H,2-4H2,1H3;4H,2-3H2,1H3;5*1-2H3;1H4/t;2*5-;;4-;;;;;;/m.00.0....../s1. The highest BCUT2D eigenvalue weighted by Crippen LogP contribution is 2.24. The molecule has 3 heterocycles. The van der Waals surface area contributed by atoms with E-state index in [-0.39, 0.29) is 7.43 Å². The van der Waals surface area contributed by atoms with E-state index in [1.165, 1.54) is 70.6 Å². The molecule has 3 aliphatic heterocycles. The summed E-state index contributed by atoms with van der Waals surface area (Å²) in [4.78, 5) is 0. The molecule has 2 aliphatic carbocycles. The van der Waals surface area contributed by atoms with E-state index in [9.17, 15) is 0 Å². The minimum absolute atomic E-state index is 0. The second-order valence-electron chi connectivity index (χ2n) is 9.69. The van der Waals surface area contributed by atoms with Crippen molar-refractivity contribution >= 4 is 0 Å². The average molecular weight is 565 g/mol. The molecule has 3 nitrogen and oxygen atoms in total. The zero-order valence-corrected chi connectivity index (χ0v) is 29.7. The first kappa shape index (κ1) is 51.6. The summed E-state index contributed by atoms with van der Waals surface area (Å²) >= 11 is 0. The lowest BCUT2D eigenvalue weighted by atomic mass is 9.88. The SMILES string of the molecule is C.CC.CC.CC.CC.CC.CC1CCC1.CC1CCCC1.C[C@H]1CCCO1.C[C@H]1CCO1.C[C@H]1CCOC1. The maximum absolute atomic E-state index is 5.15. The van der Waals surface area contributed by atoms with Crippen molar-refractivity contribution in [2.24, 2.45) is 17.8 Å². The number of hydrogen-bond acceptors (Lipinski definition) is 3.